The topological polar surface area (TPSA) is 89.1 Å². The Morgan fingerprint density at radius 3 is 2.81 bits per heavy atom. The Hall–Kier alpha value is -2.21. The summed E-state index contributed by atoms with van der Waals surface area (Å²) in [6, 6.07) is 4.80. The van der Waals surface area contributed by atoms with Gasteiger partial charge in [-0.05, 0) is 25.5 Å². The molecule has 114 valence electrons. The predicted octanol–water partition coefficient (Wildman–Crippen LogP) is 2.05. The number of aliphatic hydroxyl groups excluding tert-OH is 1. The maximum Gasteiger partial charge on any atom is 0.383 e. The highest BCUT2D eigenvalue weighted by Gasteiger charge is 2.20. The molecule has 0 aliphatic carbocycles. The lowest BCUT2D eigenvalue weighted by Gasteiger charge is -2.14. The maximum absolute atomic E-state index is 11.9. The average Bonchev–Trinajstić information content (AvgIpc) is 2.48. The lowest BCUT2D eigenvalue weighted by Crippen LogP contribution is -2.16. The maximum atomic E-state index is 11.9. The van der Waals surface area contributed by atoms with Gasteiger partial charge in [-0.3, -0.25) is 0 Å². The van der Waals surface area contributed by atoms with E-state index in [0.29, 0.717) is 12.2 Å². The Morgan fingerprint density at radius 2 is 2.14 bits per heavy atom. The van der Waals surface area contributed by atoms with Crippen LogP contribution in [0.2, 0.25) is 0 Å². The Morgan fingerprint density at radius 1 is 1.38 bits per heavy atom. The molecule has 1 aromatic carbocycles. The first-order valence-corrected chi connectivity index (χ1v) is 6.77. The van der Waals surface area contributed by atoms with Gasteiger partial charge in [0, 0.05) is 0 Å². The molecule has 6 heteroatoms. The largest absolute Gasteiger partial charge is 0.503 e. The smallest absolute Gasteiger partial charge is 0.383 e. The van der Waals surface area contributed by atoms with Crippen LogP contribution in [0.25, 0.3) is 11.0 Å². The molecule has 0 radical (unpaired) electrons. The summed E-state index contributed by atoms with van der Waals surface area (Å²) in [7, 11) is 0. The number of hydrogen-bond donors (Lipinski definition) is 2. The molecule has 0 saturated heterocycles. The van der Waals surface area contributed by atoms with Gasteiger partial charge in [-0.1, -0.05) is 13.0 Å². The number of ether oxygens (including phenoxy) is 2. The summed E-state index contributed by atoms with van der Waals surface area (Å²) in [6.45, 7) is 3.60. The SMILES string of the molecule is CCC(C)Oc1c(O)c2c(OCCO)cccc2oc1=O. The van der Waals surface area contributed by atoms with Gasteiger partial charge in [0.2, 0.25) is 5.75 Å². The number of rotatable bonds is 6. The van der Waals surface area contributed by atoms with Crippen LogP contribution in [-0.2, 0) is 0 Å². The third kappa shape index (κ3) is 3.11. The van der Waals surface area contributed by atoms with E-state index in [-0.39, 0.29) is 41.8 Å². The van der Waals surface area contributed by atoms with Crippen LogP contribution < -0.4 is 15.1 Å². The molecule has 1 heterocycles. The average molecular weight is 294 g/mol. The van der Waals surface area contributed by atoms with Gasteiger partial charge in [-0.15, -0.1) is 0 Å². The first-order valence-electron chi connectivity index (χ1n) is 6.77. The molecule has 2 N–H and O–H groups in total. The van der Waals surface area contributed by atoms with E-state index in [0.717, 1.165) is 0 Å². The van der Waals surface area contributed by atoms with E-state index in [4.69, 9.17) is 19.0 Å². The minimum atomic E-state index is -0.736. The molecule has 0 aliphatic heterocycles. The third-order valence-electron chi connectivity index (χ3n) is 3.07. The Kier molecular flexibility index (Phi) is 4.70. The van der Waals surface area contributed by atoms with E-state index in [1.54, 1.807) is 25.1 Å². The predicted molar refractivity (Wildman–Crippen MR) is 77.1 cm³/mol. The van der Waals surface area contributed by atoms with Gasteiger partial charge in [-0.2, -0.15) is 0 Å². The second-order valence-electron chi connectivity index (χ2n) is 4.61. The van der Waals surface area contributed by atoms with Gasteiger partial charge in [0.25, 0.3) is 0 Å². The van der Waals surface area contributed by atoms with Crippen LogP contribution in [0.1, 0.15) is 20.3 Å². The lowest BCUT2D eigenvalue weighted by atomic mass is 10.2. The fourth-order valence-electron chi connectivity index (χ4n) is 1.85. The van der Waals surface area contributed by atoms with Crippen molar-refractivity contribution in [1.82, 2.24) is 0 Å². The minimum absolute atomic E-state index is 0.0687. The van der Waals surface area contributed by atoms with E-state index >= 15 is 0 Å². The molecular weight excluding hydrogens is 276 g/mol. The molecule has 0 fully saturated rings. The normalized spacial score (nSPS) is 12.3. The Balaban J connectivity index is 2.58. The standard InChI is InChI=1S/C15H18O6/c1-3-9(2)20-14-13(17)12-10(19-8-7-16)5-4-6-11(12)21-15(14)18/h4-6,9,16-17H,3,7-8H2,1-2H3. The van der Waals surface area contributed by atoms with Gasteiger partial charge >= 0.3 is 5.63 Å². The molecule has 0 bridgehead atoms. The van der Waals surface area contributed by atoms with Crippen molar-refractivity contribution >= 4 is 11.0 Å². The van der Waals surface area contributed by atoms with E-state index in [1.165, 1.54) is 0 Å². The van der Waals surface area contributed by atoms with Crippen molar-refractivity contribution in [2.24, 2.45) is 0 Å². The van der Waals surface area contributed by atoms with E-state index in [9.17, 15) is 9.90 Å². The van der Waals surface area contributed by atoms with Crippen LogP contribution in [-0.4, -0.2) is 29.5 Å². The highest BCUT2D eigenvalue weighted by molar-refractivity contribution is 5.91. The number of aliphatic hydroxyl groups is 1. The van der Waals surface area contributed by atoms with Crippen LogP contribution >= 0.6 is 0 Å². The van der Waals surface area contributed by atoms with E-state index < -0.39 is 5.63 Å². The van der Waals surface area contributed by atoms with Crippen LogP contribution in [0.5, 0.6) is 17.2 Å². The van der Waals surface area contributed by atoms with Crippen LogP contribution in [0.4, 0.5) is 0 Å². The fraction of sp³-hybridized carbons (Fsp3) is 0.400. The molecule has 2 rings (SSSR count). The Labute approximate surface area is 121 Å². The summed E-state index contributed by atoms with van der Waals surface area (Å²) in [5.41, 5.74) is -0.538. The fourth-order valence-corrected chi connectivity index (χ4v) is 1.85. The van der Waals surface area contributed by atoms with Gasteiger partial charge in [0.15, 0.2) is 5.75 Å². The highest BCUT2D eigenvalue weighted by Crippen LogP contribution is 2.38. The van der Waals surface area contributed by atoms with Crippen molar-refractivity contribution in [3.63, 3.8) is 0 Å². The third-order valence-corrected chi connectivity index (χ3v) is 3.07. The lowest BCUT2D eigenvalue weighted by molar-refractivity contribution is 0.197. The molecule has 6 nitrogen and oxygen atoms in total. The quantitative estimate of drug-likeness (QED) is 0.793. The summed E-state index contributed by atoms with van der Waals surface area (Å²) in [5, 5.41) is 19.4. The van der Waals surface area contributed by atoms with Crippen LogP contribution in [0.3, 0.4) is 0 Å². The summed E-state index contributed by atoms with van der Waals surface area (Å²) < 4.78 is 15.9. The molecule has 1 aromatic heterocycles. The molecule has 1 atom stereocenters. The Bertz CT molecular complexity index is 676. The molecular formula is C15H18O6. The first-order chi connectivity index (χ1) is 10.1. The van der Waals surface area contributed by atoms with Gasteiger partial charge in [0.05, 0.1) is 12.7 Å². The minimum Gasteiger partial charge on any atom is -0.503 e. The molecule has 21 heavy (non-hydrogen) atoms. The second-order valence-corrected chi connectivity index (χ2v) is 4.61. The van der Waals surface area contributed by atoms with Gasteiger partial charge < -0.3 is 24.1 Å². The van der Waals surface area contributed by atoms with Crippen LogP contribution in [0.15, 0.2) is 27.4 Å². The van der Waals surface area contributed by atoms with Crippen molar-refractivity contribution in [1.29, 1.82) is 0 Å². The number of benzene rings is 1. The highest BCUT2D eigenvalue weighted by atomic mass is 16.5. The zero-order valence-corrected chi connectivity index (χ0v) is 12.0. The zero-order valence-electron chi connectivity index (χ0n) is 12.0. The monoisotopic (exact) mass is 294 g/mol. The number of fused-ring (bicyclic) bond motifs is 1. The van der Waals surface area contributed by atoms with Crippen molar-refractivity contribution in [3.8, 4) is 17.2 Å². The number of aromatic hydroxyl groups is 1. The van der Waals surface area contributed by atoms with Gasteiger partial charge in [-0.25, -0.2) is 4.79 Å². The van der Waals surface area contributed by atoms with Crippen molar-refractivity contribution < 1.29 is 24.1 Å². The summed E-state index contributed by atoms with van der Waals surface area (Å²) >= 11 is 0. The molecule has 0 spiro atoms. The molecule has 0 saturated carbocycles. The van der Waals surface area contributed by atoms with Crippen LogP contribution in [0, 0.1) is 0 Å². The first kappa shape index (κ1) is 15.2. The number of hydrogen-bond acceptors (Lipinski definition) is 6. The van der Waals surface area contributed by atoms with E-state index in [1.807, 2.05) is 6.92 Å². The van der Waals surface area contributed by atoms with E-state index in [2.05, 4.69) is 0 Å². The molecule has 2 aromatic rings. The van der Waals surface area contributed by atoms with Crippen molar-refractivity contribution in [2.75, 3.05) is 13.2 Å². The summed E-state index contributed by atoms with van der Waals surface area (Å²) in [4.78, 5) is 11.9. The molecule has 1 unspecified atom stereocenters. The zero-order chi connectivity index (χ0) is 15.4. The summed E-state index contributed by atoms with van der Waals surface area (Å²) in [6.07, 6.45) is 0.446. The molecule has 0 amide bonds. The van der Waals surface area contributed by atoms with Crippen molar-refractivity contribution in [2.45, 2.75) is 26.4 Å². The molecule has 0 aliphatic rings. The summed E-state index contributed by atoms with van der Waals surface area (Å²) in [5.74, 6) is -0.219. The van der Waals surface area contributed by atoms with Gasteiger partial charge in [0.1, 0.15) is 23.3 Å². The second kappa shape index (κ2) is 6.49. The van der Waals surface area contributed by atoms with Crippen molar-refractivity contribution in [3.05, 3.63) is 28.6 Å².